The number of aromatic nitrogens is 2. The molecule has 1 aromatic rings. The van der Waals surface area contributed by atoms with Gasteiger partial charge in [-0.1, -0.05) is 0 Å². The molecular weight excluding hydrogens is 214 g/mol. The van der Waals surface area contributed by atoms with E-state index in [1.54, 1.807) is 0 Å². The van der Waals surface area contributed by atoms with Gasteiger partial charge in [0.1, 0.15) is 0 Å². The van der Waals surface area contributed by atoms with E-state index < -0.39 is 0 Å². The topological polar surface area (TPSA) is 39.1 Å². The Morgan fingerprint density at radius 2 is 2.24 bits per heavy atom. The Kier molecular flexibility index (Phi) is 3.31. The lowest BCUT2D eigenvalue weighted by molar-refractivity contribution is 0.209. The van der Waals surface area contributed by atoms with Gasteiger partial charge in [-0.2, -0.15) is 5.10 Å². The van der Waals surface area contributed by atoms with Gasteiger partial charge in [0.05, 0.1) is 18.5 Å². The fourth-order valence-corrected chi connectivity index (χ4v) is 2.84. The largest absolute Gasteiger partial charge is 0.487 e. The third-order valence-corrected chi connectivity index (χ3v) is 3.82. The molecule has 4 nitrogen and oxygen atoms in total. The summed E-state index contributed by atoms with van der Waals surface area (Å²) in [6.07, 6.45) is 10.6. The second-order valence-electron chi connectivity index (χ2n) is 5.28. The molecule has 0 radical (unpaired) electrons. The summed E-state index contributed by atoms with van der Waals surface area (Å²) in [6, 6.07) is 0. The van der Waals surface area contributed by atoms with Crippen molar-refractivity contribution in [2.75, 3.05) is 13.1 Å². The normalized spacial score (nSPS) is 25.5. The molecule has 1 aromatic heterocycles. The van der Waals surface area contributed by atoms with E-state index >= 15 is 0 Å². The van der Waals surface area contributed by atoms with Crippen LogP contribution in [-0.2, 0) is 6.54 Å². The van der Waals surface area contributed by atoms with Crippen LogP contribution in [-0.4, -0.2) is 29.0 Å². The Morgan fingerprint density at radius 1 is 1.35 bits per heavy atom. The van der Waals surface area contributed by atoms with Crippen molar-refractivity contribution in [1.82, 2.24) is 15.1 Å². The predicted octanol–water partition coefficient (Wildman–Crippen LogP) is 1.81. The number of hydrogen-bond acceptors (Lipinski definition) is 3. The molecule has 1 saturated heterocycles. The van der Waals surface area contributed by atoms with Crippen LogP contribution in [0, 0.1) is 5.92 Å². The lowest BCUT2D eigenvalue weighted by Gasteiger charge is -2.10. The van der Waals surface area contributed by atoms with Crippen molar-refractivity contribution in [1.29, 1.82) is 0 Å². The van der Waals surface area contributed by atoms with Crippen molar-refractivity contribution in [3.05, 3.63) is 12.4 Å². The lowest BCUT2D eigenvalue weighted by Crippen LogP contribution is -2.14. The summed E-state index contributed by atoms with van der Waals surface area (Å²) in [5, 5.41) is 7.77. The Hall–Kier alpha value is -1.03. The maximum atomic E-state index is 5.92. The first-order chi connectivity index (χ1) is 8.40. The van der Waals surface area contributed by atoms with Crippen LogP contribution in [0.15, 0.2) is 12.4 Å². The van der Waals surface area contributed by atoms with Gasteiger partial charge in [-0.25, -0.2) is 0 Å². The highest BCUT2D eigenvalue weighted by molar-refractivity contribution is 5.12. The molecule has 2 fully saturated rings. The van der Waals surface area contributed by atoms with E-state index in [0.29, 0.717) is 6.10 Å². The van der Waals surface area contributed by atoms with Crippen LogP contribution in [0.5, 0.6) is 5.75 Å². The van der Waals surface area contributed by atoms with E-state index in [-0.39, 0.29) is 0 Å². The van der Waals surface area contributed by atoms with Gasteiger partial charge in [-0.05, 0) is 51.1 Å². The van der Waals surface area contributed by atoms with E-state index in [2.05, 4.69) is 16.6 Å². The molecule has 0 bridgehead atoms. The number of nitrogens with one attached hydrogen (secondary N) is 1. The van der Waals surface area contributed by atoms with Crippen LogP contribution in [0.4, 0.5) is 0 Å². The molecule has 1 aliphatic heterocycles. The van der Waals surface area contributed by atoms with Crippen LogP contribution in [0.25, 0.3) is 0 Å². The quantitative estimate of drug-likeness (QED) is 0.865. The molecule has 0 aromatic carbocycles. The molecule has 4 heteroatoms. The Morgan fingerprint density at radius 3 is 3.00 bits per heavy atom. The van der Waals surface area contributed by atoms with Crippen molar-refractivity contribution in [2.24, 2.45) is 5.92 Å². The summed E-state index contributed by atoms with van der Waals surface area (Å²) < 4.78 is 7.95. The summed E-state index contributed by atoms with van der Waals surface area (Å²) in [4.78, 5) is 0. The molecule has 94 valence electrons. The summed E-state index contributed by atoms with van der Waals surface area (Å²) in [7, 11) is 0. The van der Waals surface area contributed by atoms with Crippen molar-refractivity contribution in [3.8, 4) is 5.75 Å². The van der Waals surface area contributed by atoms with Gasteiger partial charge in [-0.15, -0.1) is 0 Å². The molecule has 2 heterocycles. The Balaban J connectivity index is 1.54. The Labute approximate surface area is 102 Å². The minimum Gasteiger partial charge on any atom is -0.487 e. The molecule has 1 N–H and O–H groups in total. The van der Waals surface area contributed by atoms with Gasteiger partial charge in [-0.3, -0.25) is 4.68 Å². The maximum absolute atomic E-state index is 5.92. The van der Waals surface area contributed by atoms with Crippen molar-refractivity contribution < 1.29 is 4.74 Å². The van der Waals surface area contributed by atoms with Crippen molar-refractivity contribution in [2.45, 2.75) is 44.8 Å². The summed E-state index contributed by atoms with van der Waals surface area (Å²) in [5.74, 6) is 1.68. The van der Waals surface area contributed by atoms with E-state index in [1.807, 2.05) is 10.9 Å². The van der Waals surface area contributed by atoms with Gasteiger partial charge in [0.2, 0.25) is 0 Å². The molecule has 1 aliphatic carbocycles. The van der Waals surface area contributed by atoms with E-state index in [9.17, 15) is 0 Å². The van der Waals surface area contributed by atoms with Crippen LogP contribution in [0.3, 0.4) is 0 Å². The van der Waals surface area contributed by atoms with Gasteiger partial charge in [0, 0.05) is 6.54 Å². The summed E-state index contributed by atoms with van der Waals surface area (Å²) >= 11 is 0. The van der Waals surface area contributed by atoms with E-state index in [4.69, 9.17) is 4.74 Å². The number of ether oxygens (including phenoxy) is 1. The Bertz CT molecular complexity index is 319. The zero-order valence-corrected chi connectivity index (χ0v) is 10.3. The number of rotatable bonds is 4. The molecule has 0 amide bonds. The fourth-order valence-electron chi connectivity index (χ4n) is 2.84. The molecular formula is C13H21N3O. The maximum Gasteiger partial charge on any atom is 0.157 e. The number of hydrogen-bond donors (Lipinski definition) is 1. The van der Waals surface area contributed by atoms with Gasteiger partial charge < -0.3 is 10.1 Å². The average Bonchev–Trinajstić information content (AvgIpc) is 3.02. The summed E-state index contributed by atoms with van der Waals surface area (Å²) in [6.45, 7) is 3.29. The third kappa shape index (κ3) is 2.80. The van der Waals surface area contributed by atoms with E-state index in [1.165, 1.54) is 32.1 Å². The van der Waals surface area contributed by atoms with Gasteiger partial charge >= 0.3 is 0 Å². The molecule has 1 saturated carbocycles. The molecule has 2 aliphatic rings. The van der Waals surface area contributed by atoms with Crippen molar-refractivity contribution in [3.63, 3.8) is 0 Å². The second kappa shape index (κ2) is 5.08. The second-order valence-corrected chi connectivity index (χ2v) is 5.28. The standard InChI is InChI=1S/C13H21N3O/c1-2-4-12(3-1)17-13-8-15-16(10-13)9-11-5-6-14-7-11/h8,10-12,14H,1-7,9H2. The zero-order valence-electron chi connectivity index (χ0n) is 10.3. The van der Waals surface area contributed by atoms with Crippen LogP contribution < -0.4 is 10.1 Å². The smallest absolute Gasteiger partial charge is 0.157 e. The van der Waals surface area contributed by atoms with Crippen LogP contribution >= 0.6 is 0 Å². The van der Waals surface area contributed by atoms with Crippen molar-refractivity contribution >= 4 is 0 Å². The first-order valence-electron chi connectivity index (χ1n) is 6.80. The number of nitrogens with zero attached hydrogens (tertiary/aromatic N) is 2. The lowest BCUT2D eigenvalue weighted by atomic mass is 10.1. The molecule has 17 heavy (non-hydrogen) atoms. The molecule has 0 spiro atoms. The van der Waals surface area contributed by atoms with Gasteiger partial charge in [0.25, 0.3) is 0 Å². The fraction of sp³-hybridized carbons (Fsp3) is 0.769. The summed E-state index contributed by atoms with van der Waals surface area (Å²) in [5.41, 5.74) is 0. The molecule has 1 atom stereocenters. The highest BCUT2D eigenvalue weighted by Crippen LogP contribution is 2.23. The minimum absolute atomic E-state index is 0.431. The highest BCUT2D eigenvalue weighted by Gasteiger charge is 2.18. The highest BCUT2D eigenvalue weighted by atomic mass is 16.5. The first kappa shape index (κ1) is 11.1. The molecule has 3 rings (SSSR count). The predicted molar refractivity (Wildman–Crippen MR) is 66.1 cm³/mol. The average molecular weight is 235 g/mol. The first-order valence-corrected chi connectivity index (χ1v) is 6.80. The monoisotopic (exact) mass is 235 g/mol. The minimum atomic E-state index is 0.431. The SMILES string of the molecule is c1nn(CC2CCNC2)cc1OC1CCCC1. The van der Waals surface area contributed by atoms with Crippen LogP contribution in [0.1, 0.15) is 32.1 Å². The van der Waals surface area contributed by atoms with Crippen LogP contribution in [0.2, 0.25) is 0 Å². The van der Waals surface area contributed by atoms with Gasteiger partial charge in [0.15, 0.2) is 5.75 Å². The third-order valence-electron chi connectivity index (χ3n) is 3.82. The van der Waals surface area contributed by atoms with E-state index in [0.717, 1.165) is 31.3 Å². The molecule has 1 unspecified atom stereocenters. The zero-order chi connectivity index (χ0) is 11.5.